The average molecular weight is 463 g/mol. The molecular weight excluding hydrogens is 426 g/mol. The van der Waals surface area contributed by atoms with Gasteiger partial charge >= 0.3 is 0 Å². The van der Waals surface area contributed by atoms with Crippen molar-refractivity contribution in [3.8, 4) is 23.0 Å². The summed E-state index contributed by atoms with van der Waals surface area (Å²) >= 11 is 0. The lowest BCUT2D eigenvalue weighted by Crippen LogP contribution is -2.55. The summed E-state index contributed by atoms with van der Waals surface area (Å²) < 4.78 is 24.0. The van der Waals surface area contributed by atoms with Crippen LogP contribution in [-0.4, -0.2) is 52.1 Å². The Hall–Kier alpha value is -2.92. The van der Waals surface area contributed by atoms with Gasteiger partial charge in [-0.2, -0.15) is 0 Å². The standard InChI is InChI=1S/C29H36NO4/c1-7-18(2)16-30-10-8-9-19(30)11-20-21-12-26(31-3)27(32-4)13-22(21)23-14-28(33-5)29(34-6)15-24(23)25(20)17-30/h7,12-15,19H,8-11,16-17H2,1-6H3/q+1/b18-7+. The van der Waals surface area contributed by atoms with Crippen LogP contribution < -0.4 is 18.9 Å². The highest BCUT2D eigenvalue weighted by Gasteiger charge is 2.46. The average Bonchev–Trinajstić information content (AvgIpc) is 3.27. The van der Waals surface area contributed by atoms with Crippen LogP contribution in [0.2, 0.25) is 0 Å². The summed E-state index contributed by atoms with van der Waals surface area (Å²) in [6, 6.07) is 9.25. The Labute approximate surface area is 202 Å². The molecular formula is C29H36NO4+. The van der Waals surface area contributed by atoms with Gasteiger partial charge in [-0.15, -0.1) is 0 Å². The van der Waals surface area contributed by atoms with Crippen LogP contribution in [0.25, 0.3) is 21.5 Å². The second-order valence-corrected chi connectivity index (χ2v) is 9.86. The Bertz CT molecular complexity index is 1300. The lowest BCUT2D eigenvalue weighted by atomic mass is 9.83. The van der Waals surface area contributed by atoms with Gasteiger partial charge in [-0.25, -0.2) is 0 Å². The van der Waals surface area contributed by atoms with Crippen LogP contribution in [0.1, 0.15) is 37.8 Å². The van der Waals surface area contributed by atoms with Gasteiger partial charge < -0.3 is 23.4 Å². The minimum Gasteiger partial charge on any atom is -0.493 e. The van der Waals surface area contributed by atoms with Crippen LogP contribution in [0, 0.1) is 0 Å². The van der Waals surface area contributed by atoms with Gasteiger partial charge in [0.2, 0.25) is 0 Å². The molecule has 5 nitrogen and oxygen atoms in total. The largest absolute Gasteiger partial charge is 0.493 e. The lowest BCUT2D eigenvalue weighted by Gasteiger charge is -2.45. The number of nitrogens with zero attached hydrogens (tertiary/aromatic N) is 1. The van der Waals surface area contributed by atoms with E-state index in [9.17, 15) is 0 Å². The maximum Gasteiger partial charge on any atom is 0.161 e. The Kier molecular flexibility index (Phi) is 5.85. The number of methoxy groups -OCH3 is 4. The Balaban J connectivity index is 1.86. The highest BCUT2D eigenvalue weighted by atomic mass is 16.5. The van der Waals surface area contributed by atoms with E-state index < -0.39 is 0 Å². The van der Waals surface area contributed by atoms with Gasteiger partial charge in [0.15, 0.2) is 23.0 Å². The predicted molar refractivity (Wildman–Crippen MR) is 138 cm³/mol. The summed E-state index contributed by atoms with van der Waals surface area (Å²) in [5, 5.41) is 4.87. The number of hydrogen-bond acceptors (Lipinski definition) is 4. The van der Waals surface area contributed by atoms with E-state index in [1.165, 1.54) is 57.6 Å². The molecule has 1 fully saturated rings. The molecule has 1 saturated heterocycles. The van der Waals surface area contributed by atoms with Crippen molar-refractivity contribution in [1.82, 2.24) is 0 Å². The molecule has 0 amide bonds. The molecule has 2 atom stereocenters. The van der Waals surface area contributed by atoms with Gasteiger partial charge in [0.25, 0.3) is 0 Å². The topological polar surface area (TPSA) is 36.9 Å². The van der Waals surface area contributed by atoms with E-state index in [-0.39, 0.29) is 0 Å². The highest BCUT2D eigenvalue weighted by molar-refractivity contribution is 6.12. The van der Waals surface area contributed by atoms with Crippen molar-refractivity contribution in [2.45, 2.75) is 45.7 Å². The molecule has 0 aliphatic carbocycles. The van der Waals surface area contributed by atoms with Crippen LogP contribution in [0.5, 0.6) is 23.0 Å². The van der Waals surface area contributed by atoms with E-state index in [1.807, 2.05) is 0 Å². The number of quaternary nitrogens is 1. The van der Waals surface area contributed by atoms with E-state index in [0.717, 1.165) is 47.0 Å². The molecule has 2 aliphatic heterocycles. The SMILES string of the molecule is C/C=C(\C)C[N+]12CCCC1Cc1c(c3cc(OC)c(OC)cc3c3cc(OC)c(OC)cc13)C2. The zero-order valence-electron chi connectivity index (χ0n) is 21.3. The molecule has 34 heavy (non-hydrogen) atoms. The molecule has 3 aromatic rings. The van der Waals surface area contributed by atoms with E-state index in [2.05, 4.69) is 44.2 Å². The summed E-state index contributed by atoms with van der Waals surface area (Å²) in [6.45, 7) is 7.85. The first kappa shape index (κ1) is 22.9. The molecule has 2 aliphatic rings. The summed E-state index contributed by atoms with van der Waals surface area (Å²) in [5.74, 6) is 3.04. The first-order chi connectivity index (χ1) is 16.5. The molecule has 180 valence electrons. The van der Waals surface area contributed by atoms with Crippen LogP contribution in [0.3, 0.4) is 0 Å². The van der Waals surface area contributed by atoms with Crippen LogP contribution in [0.15, 0.2) is 35.9 Å². The van der Waals surface area contributed by atoms with Gasteiger partial charge in [0, 0.05) is 24.8 Å². The minimum absolute atomic E-state index is 0.649. The Morgan fingerprint density at radius 2 is 1.32 bits per heavy atom. The molecule has 2 unspecified atom stereocenters. The second kappa shape index (κ2) is 8.70. The van der Waals surface area contributed by atoms with Gasteiger partial charge in [-0.3, -0.25) is 0 Å². The molecule has 3 aromatic carbocycles. The van der Waals surface area contributed by atoms with Crippen LogP contribution in [0.4, 0.5) is 0 Å². The predicted octanol–water partition coefficient (Wildman–Crippen LogP) is 6.03. The first-order valence-electron chi connectivity index (χ1n) is 12.2. The normalized spacial score (nSPS) is 21.9. The fraction of sp³-hybridized carbons (Fsp3) is 0.448. The highest BCUT2D eigenvalue weighted by Crippen LogP contribution is 2.48. The van der Waals surface area contributed by atoms with Crippen LogP contribution in [-0.2, 0) is 13.0 Å². The fourth-order valence-electron chi connectivity index (χ4n) is 6.45. The van der Waals surface area contributed by atoms with Gasteiger partial charge in [0.05, 0.1) is 41.0 Å². The van der Waals surface area contributed by atoms with Crippen molar-refractivity contribution < 1.29 is 23.4 Å². The molecule has 0 bridgehead atoms. The molecule has 5 rings (SSSR count). The van der Waals surface area contributed by atoms with Crippen molar-refractivity contribution in [1.29, 1.82) is 0 Å². The van der Waals surface area contributed by atoms with Crippen molar-refractivity contribution in [2.75, 3.05) is 41.5 Å². The van der Waals surface area contributed by atoms with Gasteiger partial charge in [0.1, 0.15) is 13.1 Å². The van der Waals surface area contributed by atoms with E-state index in [4.69, 9.17) is 18.9 Å². The zero-order valence-corrected chi connectivity index (χ0v) is 21.3. The third-order valence-electron chi connectivity index (χ3n) is 8.24. The summed E-state index contributed by atoms with van der Waals surface area (Å²) in [4.78, 5) is 0. The molecule has 5 heteroatoms. The van der Waals surface area contributed by atoms with Crippen molar-refractivity contribution in [3.05, 3.63) is 47.0 Å². The molecule has 0 saturated carbocycles. The Morgan fingerprint density at radius 1 is 0.824 bits per heavy atom. The Morgan fingerprint density at radius 3 is 1.82 bits per heavy atom. The smallest absolute Gasteiger partial charge is 0.161 e. The van der Waals surface area contributed by atoms with Crippen molar-refractivity contribution in [3.63, 3.8) is 0 Å². The van der Waals surface area contributed by atoms with E-state index >= 15 is 0 Å². The number of benzene rings is 3. The third-order valence-corrected chi connectivity index (χ3v) is 8.24. The second-order valence-electron chi connectivity index (χ2n) is 9.86. The van der Waals surface area contributed by atoms with Gasteiger partial charge in [-0.1, -0.05) is 6.08 Å². The van der Waals surface area contributed by atoms with E-state index in [1.54, 1.807) is 28.4 Å². The molecule has 0 N–H and O–H groups in total. The molecule has 0 aromatic heterocycles. The summed E-state index contributed by atoms with van der Waals surface area (Å²) in [6.07, 6.45) is 5.94. The summed E-state index contributed by atoms with van der Waals surface area (Å²) in [7, 11) is 6.82. The summed E-state index contributed by atoms with van der Waals surface area (Å²) in [5.41, 5.74) is 4.37. The first-order valence-corrected chi connectivity index (χ1v) is 12.2. The maximum atomic E-state index is 5.74. The van der Waals surface area contributed by atoms with Crippen LogP contribution >= 0.6 is 0 Å². The van der Waals surface area contributed by atoms with Gasteiger partial charge in [-0.05, 0) is 70.8 Å². The zero-order chi connectivity index (χ0) is 24.0. The monoisotopic (exact) mass is 462 g/mol. The number of hydrogen-bond donors (Lipinski definition) is 0. The number of allylic oxidation sites excluding steroid dienone is 1. The minimum atomic E-state index is 0.649. The third kappa shape index (κ3) is 3.40. The van der Waals surface area contributed by atoms with E-state index in [0.29, 0.717) is 6.04 Å². The van der Waals surface area contributed by atoms with Crippen molar-refractivity contribution >= 4 is 21.5 Å². The van der Waals surface area contributed by atoms with Crippen molar-refractivity contribution in [2.24, 2.45) is 0 Å². The number of fused-ring (bicyclic) bond motifs is 7. The molecule has 0 radical (unpaired) electrons. The lowest BCUT2D eigenvalue weighted by molar-refractivity contribution is -0.949. The molecule has 2 heterocycles. The fourth-order valence-corrected chi connectivity index (χ4v) is 6.45. The molecule has 0 spiro atoms. The number of ether oxygens (including phenoxy) is 4. The quantitative estimate of drug-likeness (QED) is 0.255. The number of rotatable bonds is 6. The maximum absolute atomic E-state index is 5.74.